The zero-order valence-electron chi connectivity index (χ0n) is 9.41. The van der Waals surface area contributed by atoms with Crippen molar-refractivity contribution >= 4 is 0 Å². The number of hydrogen-bond donors (Lipinski definition) is 2. The lowest BCUT2D eigenvalue weighted by atomic mass is 10.0. The van der Waals surface area contributed by atoms with Gasteiger partial charge in [0.25, 0.3) is 0 Å². The number of rotatable bonds is 3. The smallest absolute Gasteiger partial charge is 0.0136 e. The van der Waals surface area contributed by atoms with Gasteiger partial charge in [-0.25, -0.2) is 0 Å². The van der Waals surface area contributed by atoms with E-state index in [0.29, 0.717) is 0 Å². The Kier molecular flexibility index (Phi) is 1.92. The molecule has 3 aliphatic carbocycles. The Morgan fingerprint density at radius 3 is 2.53 bits per heavy atom. The highest BCUT2D eigenvalue weighted by atomic mass is 15.0. The minimum atomic E-state index is 0.920. The molecule has 15 heavy (non-hydrogen) atoms. The molecule has 2 nitrogen and oxygen atoms in total. The van der Waals surface area contributed by atoms with E-state index in [9.17, 15) is 0 Å². The highest BCUT2D eigenvalue weighted by molar-refractivity contribution is 5.16. The molecule has 0 spiro atoms. The molecule has 0 radical (unpaired) electrons. The first-order chi connectivity index (χ1) is 7.43. The Labute approximate surface area is 92.2 Å². The van der Waals surface area contributed by atoms with Gasteiger partial charge in [-0.15, -0.1) is 0 Å². The average Bonchev–Trinajstić information content (AvgIpc) is 2.72. The quantitative estimate of drug-likeness (QED) is 0.726. The Morgan fingerprint density at radius 2 is 1.87 bits per heavy atom. The lowest BCUT2D eigenvalue weighted by Crippen LogP contribution is -2.29. The van der Waals surface area contributed by atoms with Crippen LogP contribution in [0, 0.1) is 29.6 Å². The molecule has 4 rings (SSSR count). The molecular formula is C13H22N2. The summed E-state index contributed by atoms with van der Waals surface area (Å²) < 4.78 is 0. The summed E-state index contributed by atoms with van der Waals surface area (Å²) in [6, 6.07) is 0.942. The summed E-state index contributed by atoms with van der Waals surface area (Å²) in [6.45, 7) is 3.78. The summed E-state index contributed by atoms with van der Waals surface area (Å²) in [7, 11) is 0. The molecule has 2 bridgehead atoms. The van der Waals surface area contributed by atoms with E-state index in [-0.39, 0.29) is 0 Å². The molecule has 1 heterocycles. The van der Waals surface area contributed by atoms with Gasteiger partial charge in [0.05, 0.1) is 0 Å². The Balaban J connectivity index is 1.31. The summed E-state index contributed by atoms with van der Waals surface area (Å²) in [5, 5.41) is 7.32. The molecule has 0 aromatic rings. The van der Waals surface area contributed by atoms with Crippen LogP contribution in [0.15, 0.2) is 0 Å². The number of hydrogen-bond acceptors (Lipinski definition) is 2. The molecule has 0 aromatic heterocycles. The maximum absolute atomic E-state index is 3.86. The van der Waals surface area contributed by atoms with Crippen molar-refractivity contribution in [1.29, 1.82) is 0 Å². The fourth-order valence-electron chi connectivity index (χ4n) is 4.79. The topological polar surface area (TPSA) is 24.1 Å². The van der Waals surface area contributed by atoms with Crippen molar-refractivity contribution in [3.05, 3.63) is 0 Å². The van der Waals surface area contributed by atoms with E-state index in [4.69, 9.17) is 0 Å². The second kappa shape index (κ2) is 3.21. The van der Waals surface area contributed by atoms with E-state index >= 15 is 0 Å². The van der Waals surface area contributed by atoms with Crippen LogP contribution in [0.5, 0.6) is 0 Å². The first kappa shape index (κ1) is 9.00. The van der Waals surface area contributed by atoms with Crippen molar-refractivity contribution in [1.82, 2.24) is 10.6 Å². The van der Waals surface area contributed by atoms with Crippen LogP contribution in [0.2, 0.25) is 0 Å². The predicted octanol–water partition coefficient (Wildman–Crippen LogP) is 1.23. The molecular weight excluding hydrogens is 184 g/mol. The monoisotopic (exact) mass is 206 g/mol. The van der Waals surface area contributed by atoms with Gasteiger partial charge in [-0.05, 0) is 74.9 Å². The van der Waals surface area contributed by atoms with Crippen LogP contribution in [0.3, 0.4) is 0 Å². The number of fused-ring (bicyclic) bond motifs is 5. The SMILES string of the molecule is C1CC(CNC2C3C4CCC(C4)C23)CN1. The molecule has 5 atom stereocenters. The summed E-state index contributed by atoms with van der Waals surface area (Å²) in [5.41, 5.74) is 0. The van der Waals surface area contributed by atoms with Crippen molar-refractivity contribution in [2.45, 2.75) is 31.7 Å². The van der Waals surface area contributed by atoms with Gasteiger partial charge < -0.3 is 10.6 Å². The lowest BCUT2D eigenvalue weighted by Gasteiger charge is -2.13. The van der Waals surface area contributed by atoms with E-state index in [0.717, 1.165) is 35.6 Å². The van der Waals surface area contributed by atoms with Gasteiger partial charge in [0.15, 0.2) is 0 Å². The maximum Gasteiger partial charge on any atom is 0.0136 e. The Morgan fingerprint density at radius 1 is 1.07 bits per heavy atom. The fraction of sp³-hybridized carbons (Fsp3) is 1.00. The fourth-order valence-corrected chi connectivity index (χ4v) is 4.79. The normalized spacial score (nSPS) is 56.0. The second-order valence-corrected chi connectivity index (χ2v) is 6.28. The summed E-state index contributed by atoms with van der Waals surface area (Å²) in [5.74, 6) is 5.39. The third kappa shape index (κ3) is 1.31. The molecule has 3 saturated carbocycles. The van der Waals surface area contributed by atoms with Gasteiger partial charge in [-0.1, -0.05) is 0 Å². The van der Waals surface area contributed by atoms with Crippen molar-refractivity contribution in [3.8, 4) is 0 Å². The molecule has 5 unspecified atom stereocenters. The molecule has 84 valence electrons. The predicted molar refractivity (Wildman–Crippen MR) is 60.6 cm³/mol. The minimum Gasteiger partial charge on any atom is -0.316 e. The van der Waals surface area contributed by atoms with Crippen LogP contribution in [0.1, 0.15) is 25.7 Å². The standard InChI is InChI=1S/C13H22N2/c1-2-10-5-9(1)11-12(10)13(11)15-7-8-3-4-14-6-8/h8-15H,1-7H2. The van der Waals surface area contributed by atoms with Gasteiger partial charge in [0.2, 0.25) is 0 Å². The van der Waals surface area contributed by atoms with Gasteiger partial charge in [0.1, 0.15) is 0 Å². The molecule has 2 N–H and O–H groups in total. The molecule has 1 saturated heterocycles. The van der Waals surface area contributed by atoms with E-state index in [2.05, 4.69) is 10.6 Å². The van der Waals surface area contributed by atoms with E-state index in [1.165, 1.54) is 26.1 Å². The number of nitrogens with one attached hydrogen (secondary N) is 2. The highest BCUT2D eigenvalue weighted by Crippen LogP contribution is 2.65. The first-order valence-corrected chi connectivity index (χ1v) is 6.87. The van der Waals surface area contributed by atoms with E-state index < -0.39 is 0 Å². The Bertz CT molecular complexity index is 243. The van der Waals surface area contributed by atoms with Gasteiger partial charge in [-0.3, -0.25) is 0 Å². The first-order valence-electron chi connectivity index (χ1n) is 6.87. The third-order valence-corrected chi connectivity index (χ3v) is 5.54. The van der Waals surface area contributed by atoms with Crippen molar-refractivity contribution < 1.29 is 0 Å². The summed E-state index contributed by atoms with van der Waals surface area (Å²) in [6.07, 6.45) is 6.07. The van der Waals surface area contributed by atoms with Crippen molar-refractivity contribution in [2.24, 2.45) is 29.6 Å². The molecule has 0 amide bonds. The van der Waals surface area contributed by atoms with Crippen molar-refractivity contribution in [3.63, 3.8) is 0 Å². The largest absolute Gasteiger partial charge is 0.316 e. The minimum absolute atomic E-state index is 0.920. The highest BCUT2D eigenvalue weighted by Gasteiger charge is 2.64. The molecule has 4 fully saturated rings. The molecule has 0 aromatic carbocycles. The van der Waals surface area contributed by atoms with Crippen LogP contribution in [0.4, 0.5) is 0 Å². The second-order valence-electron chi connectivity index (χ2n) is 6.28. The van der Waals surface area contributed by atoms with Crippen LogP contribution < -0.4 is 10.6 Å². The average molecular weight is 206 g/mol. The lowest BCUT2D eigenvalue weighted by molar-refractivity contribution is 0.429. The van der Waals surface area contributed by atoms with Crippen LogP contribution in [-0.2, 0) is 0 Å². The van der Waals surface area contributed by atoms with E-state index in [1.54, 1.807) is 19.3 Å². The van der Waals surface area contributed by atoms with Gasteiger partial charge >= 0.3 is 0 Å². The Hall–Kier alpha value is -0.0800. The molecule has 2 heteroatoms. The summed E-state index contributed by atoms with van der Waals surface area (Å²) >= 11 is 0. The van der Waals surface area contributed by atoms with Crippen molar-refractivity contribution in [2.75, 3.05) is 19.6 Å². The van der Waals surface area contributed by atoms with Gasteiger partial charge in [-0.2, -0.15) is 0 Å². The zero-order valence-corrected chi connectivity index (χ0v) is 9.41. The van der Waals surface area contributed by atoms with Crippen LogP contribution >= 0.6 is 0 Å². The third-order valence-electron chi connectivity index (χ3n) is 5.54. The molecule has 1 aliphatic heterocycles. The van der Waals surface area contributed by atoms with E-state index in [1.807, 2.05) is 0 Å². The van der Waals surface area contributed by atoms with Crippen LogP contribution in [-0.4, -0.2) is 25.7 Å². The van der Waals surface area contributed by atoms with Crippen LogP contribution in [0.25, 0.3) is 0 Å². The maximum atomic E-state index is 3.86. The summed E-state index contributed by atoms with van der Waals surface area (Å²) in [4.78, 5) is 0. The zero-order chi connectivity index (χ0) is 9.83. The van der Waals surface area contributed by atoms with Gasteiger partial charge in [0, 0.05) is 6.04 Å². The molecule has 4 aliphatic rings.